The topological polar surface area (TPSA) is 169 Å². The number of guanidine groups is 2. The van der Waals surface area contributed by atoms with Gasteiger partial charge in [-0.1, -0.05) is 109 Å². The molecular weight excluding hydrogens is 600 g/mol. The molecular formula is C38H44N8O2. The molecule has 5 rings (SSSR count). The Morgan fingerprint density at radius 3 is 1.17 bits per heavy atom. The summed E-state index contributed by atoms with van der Waals surface area (Å²) in [6.07, 6.45) is 1.93. The normalized spacial score (nSPS) is 16.1. The van der Waals surface area contributed by atoms with E-state index in [-0.39, 0.29) is 23.7 Å². The third-order valence-corrected chi connectivity index (χ3v) is 8.58. The molecule has 10 nitrogen and oxygen atoms in total. The molecule has 1 saturated heterocycles. The second-order valence-electron chi connectivity index (χ2n) is 12.0. The Hall–Kier alpha value is -5.64. The minimum Gasteiger partial charge on any atom is -0.370 e. The molecule has 1 aliphatic rings. The quantitative estimate of drug-likeness (QED) is 0.0909. The van der Waals surface area contributed by atoms with Gasteiger partial charge in [0.25, 0.3) is 0 Å². The summed E-state index contributed by atoms with van der Waals surface area (Å²) in [6.45, 7) is 1.33. The van der Waals surface area contributed by atoms with Crippen LogP contribution in [0.25, 0.3) is 22.3 Å². The van der Waals surface area contributed by atoms with E-state index < -0.39 is 12.1 Å². The molecule has 248 valence electrons. The van der Waals surface area contributed by atoms with E-state index >= 15 is 0 Å². The number of aliphatic imine (C=N–C) groups is 2. The Morgan fingerprint density at radius 2 is 0.833 bits per heavy atom. The lowest BCUT2D eigenvalue weighted by molar-refractivity contribution is -0.164. The van der Waals surface area contributed by atoms with E-state index in [1.165, 1.54) is 0 Å². The number of benzene rings is 4. The van der Waals surface area contributed by atoms with Crippen molar-refractivity contribution in [1.29, 1.82) is 0 Å². The zero-order valence-electron chi connectivity index (χ0n) is 27.1. The van der Waals surface area contributed by atoms with Crippen molar-refractivity contribution in [1.82, 2.24) is 9.80 Å². The zero-order chi connectivity index (χ0) is 33.9. The average Bonchev–Trinajstić information content (AvgIpc) is 3.10. The summed E-state index contributed by atoms with van der Waals surface area (Å²) in [5.41, 5.74) is 28.5. The van der Waals surface area contributed by atoms with Crippen LogP contribution in [0.1, 0.15) is 36.8 Å². The highest BCUT2D eigenvalue weighted by molar-refractivity contribution is 5.97. The Labute approximate surface area is 282 Å². The first kappa shape index (κ1) is 33.7. The van der Waals surface area contributed by atoms with Gasteiger partial charge in [0.05, 0.1) is 0 Å². The molecule has 0 bridgehead atoms. The SMILES string of the molecule is NC(N)=NCCC[C@@H]1C(=O)N(Cc2ccc(-c3ccccc3)cc2)[C@@H](CCCN=C(N)N)C(=O)N1Cc1ccc(-c2ccccc2)cc1. The highest BCUT2D eigenvalue weighted by atomic mass is 16.2. The van der Waals surface area contributed by atoms with Gasteiger partial charge in [-0.25, -0.2) is 0 Å². The van der Waals surface area contributed by atoms with Crippen molar-refractivity contribution in [2.45, 2.75) is 50.9 Å². The van der Waals surface area contributed by atoms with Crippen LogP contribution in [0.2, 0.25) is 0 Å². The van der Waals surface area contributed by atoms with E-state index in [9.17, 15) is 9.59 Å². The highest BCUT2D eigenvalue weighted by Crippen LogP contribution is 2.29. The van der Waals surface area contributed by atoms with Gasteiger partial charge in [-0.15, -0.1) is 0 Å². The Kier molecular flexibility index (Phi) is 11.4. The van der Waals surface area contributed by atoms with Crippen molar-refractivity contribution >= 4 is 23.7 Å². The molecule has 1 heterocycles. The largest absolute Gasteiger partial charge is 0.370 e. The molecule has 0 aliphatic carbocycles. The van der Waals surface area contributed by atoms with Crippen molar-refractivity contribution in [3.05, 3.63) is 120 Å². The average molecular weight is 645 g/mol. The number of nitrogens with zero attached hydrogens (tertiary/aromatic N) is 4. The summed E-state index contributed by atoms with van der Waals surface area (Å²) in [5.74, 6) is -0.200. The molecule has 4 aromatic rings. The number of rotatable bonds is 14. The predicted octanol–water partition coefficient (Wildman–Crippen LogP) is 4.24. The van der Waals surface area contributed by atoms with Crippen molar-refractivity contribution in [3.8, 4) is 22.3 Å². The van der Waals surface area contributed by atoms with Crippen LogP contribution in [0.15, 0.2) is 119 Å². The second kappa shape index (κ2) is 16.3. The van der Waals surface area contributed by atoms with Gasteiger partial charge in [0.2, 0.25) is 11.8 Å². The first-order chi connectivity index (χ1) is 23.3. The molecule has 0 radical (unpaired) electrons. The molecule has 0 aromatic heterocycles. The molecule has 4 aromatic carbocycles. The number of nitrogens with two attached hydrogens (primary N) is 4. The van der Waals surface area contributed by atoms with Crippen LogP contribution < -0.4 is 22.9 Å². The van der Waals surface area contributed by atoms with Crippen LogP contribution >= 0.6 is 0 Å². The molecule has 10 heteroatoms. The van der Waals surface area contributed by atoms with Crippen LogP contribution in [0.5, 0.6) is 0 Å². The highest BCUT2D eigenvalue weighted by Gasteiger charge is 2.45. The monoisotopic (exact) mass is 644 g/mol. The van der Waals surface area contributed by atoms with Gasteiger partial charge in [-0.2, -0.15) is 0 Å². The Morgan fingerprint density at radius 1 is 0.500 bits per heavy atom. The van der Waals surface area contributed by atoms with Gasteiger partial charge < -0.3 is 32.7 Å². The third kappa shape index (κ3) is 8.79. The van der Waals surface area contributed by atoms with Crippen molar-refractivity contribution < 1.29 is 9.59 Å². The number of hydrogen-bond donors (Lipinski definition) is 4. The Balaban J connectivity index is 1.42. The van der Waals surface area contributed by atoms with Gasteiger partial charge in [0.1, 0.15) is 12.1 Å². The predicted molar refractivity (Wildman–Crippen MR) is 192 cm³/mol. The van der Waals surface area contributed by atoms with E-state index in [1.54, 1.807) is 9.80 Å². The third-order valence-electron chi connectivity index (χ3n) is 8.58. The first-order valence-corrected chi connectivity index (χ1v) is 16.3. The van der Waals surface area contributed by atoms with Gasteiger partial charge in [0, 0.05) is 26.2 Å². The van der Waals surface area contributed by atoms with E-state index in [0.717, 1.165) is 33.4 Å². The number of piperazine rings is 1. The second-order valence-corrected chi connectivity index (χ2v) is 12.0. The molecule has 0 spiro atoms. The van der Waals surface area contributed by atoms with Crippen LogP contribution in [0.3, 0.4) is 0 Å². The lowest BCUT2D eigenvalue weighted by Crippen LogP contribution is -2.64. The standard InChI is InChI=1S/C38H44N8O2/c39-37(40)43-23-7-13-33-36(48)46(26-28-17-21-32(22-18-28)30-11-5-2-6-12-30)34(14-8-24-44-38(41)42)35(47)45(33)25-27-15-19-31(20-16-27)29-9-3-1-4-10-29/h1-6,9-12,15-22,33-34H,7-8,13-14,23-26H2,(H4,39,40,43)(H4,41,42,44)/t33-,34+. The summed E-state index contributed by atoms with van der Waals surface area (Å²) in [7, 11) is 0. The van der Waals surface area contributed by atoms with Crippen molar-refractivity contribution in [3.63, 3.8) is 0 Å². The fourth-order valence-electron chi connectivity index (χ4n) is 6.14. The lowest BCUT2D eigenvalue weighted by Gasteiger charge is -2.45. The minimum absolute atomic E-state index is 0.00201. The number of amides is 2. The maximum Gasteiger partial charge on any atom is 0.246 e. The lowest BCUT2D eigenvalue weighted by atomic mass is 9.95. The van der Waals surface area contributed by atoms with E-state index in [0.29, 0.717) is 51.9 Å². The van der Waals surface area contributed by atoms with Gasteiger partial charge in [-0.3, -0.25) is 19.6 Å². The van der Waals surface area contributed by atoms with E-state index in [1.807, 2.05) is 84.9 Å². The molecule has 2 atom stereocenters. The van der Waals surface area contributed by atoms with Gasteiger partial charge in [0.15, 0.2) is 11.9 Å². The summed E-state index contributed by atoms with van der Waals surface area (Å²) in [6, 6.07) is 35.2. The van der Waals surface area contributed by atoms with Crippen LogP contribution in [-0.2, 0) is 22.7 Å². The molecule has 0 saturated carbocycles. The van der Waals surface area contributed by atoms with E-state index in [4.69, 9.17) is 22.9 Å². The number of hydrogen-bond acceptors (Lipinski definition) is 4. The van der Waals surface area contributed by atoms with E-state index in [2.05, 4.69) is 34.3 Å². The summed E-state index contributed by atoms with van der Waals surface area (Å²) in [4.78, 5) is 40.6. The molecule has 8 N–H and O–H groups in total. The molecule has 48 heavy (non-hydrogen) atoms. The van der Waals surface area contributed by atoms with Crippen LogP contribution in [0.4, 0.5) is 0 Å². The van der Waals surface area contributed by atoms with Crippen molar-refractivity contribution in [2.75, 3.05) is 13.1 Å². The van der Waals surface area contributed by atoms with Gasteiger partial charge >= 0.3 is 0 Å². The maximum absolute atomic E-state index is 14.5. The minimum atomic E-state index is -0.668. The number of carbonyl (C=O) groups excluding carboxylic acids is 2. The fourth-order valence-corrected chi connectivity index (χ4v) is 6.14. The first-order valence-electron chi connectivity index (χ1n) is 16.3. The van der Waals surface area contributed by atoms with Gasteiger partial charge in [-0.05, 0) is 59.1 Å². The molecule has 1 aliphatic heterocycles. The molecule has 1 fully saturated rings. The Bertz CT molecular complexity index is 1570. The summed E-state index contributed by atoms with van der Waals surface area (Å²) in [5, 5.41) is 0. The zero-order valence-corrected chi connectivity index (χ0v) is 27.1. The summed E-state index contributed by atoms with van der Waals surface area (Å²) < 4.78 is 0. The number of carbonyl (C=O) groups is 2. The molecule has 0 unspecified atom stereocenters. The maximum atomic E-state index is 14.5. The molecule has 2 amide bonds. The van der Waals surface area contributed by atoms with Crippen LogP contribution in [0, 0.1) is 0 Å². The smallest absolute Gasteiger partial charge is 0.246 e. The van der Waals surface area contributed by atoms with Crippen molar-refractivity contribution in [2.24, 2.45) is 32.9 Å². The van der Waals surface area contributed by atoms with Crippen LogP contribution in [-0.4, -0.2) is 58.7 Å². The fraction of sp³-hybridized carbons (Fsp3) is 0.263. The summed E-state index contributed by atoms with van der Waals surface area (Å²) >= 11 is 0.